The second-order valence-corrected chi connectivity index (χ2v) is 5.03. The maximum absolute atomic E-state index is 13.3. The molecule has 0 saturated heterocycles. The number of nitro groups is 1. The van der Waals surface area contributed by atoms with Gasteiger partial charge in [-0.25, -0.2) is 4.79 Å². The Bertz CT molecular complexity index is 706. The van der Waals surface area contributed by atoms with Crippen molar-refractivity contribution in [3.63, 3.8) is 0 Å². The molecule has 108 valence electrons. The summed E-state index contributed by atoms with van der Waals surface area (Å²) in [6, 6.07) is 3.60. The van der Waals surface area contributed by atoms with Gasteiger partial charge in [0.2, 0.25) is 5.82 Å². The highest BCUT2D eigenvalue weighted by molar-refractivity contribution is 5.95. The van der Waals surface area contributed by atoms with Crippen LogP contribution in [0.1, 0.15) is 31.2 Å². The molecule has 1 aliphatic heterocycles. The highest BCUT2D eigenvalue weighted by Gasteiger charge is 2.31. The molecule has 1 heterocycles. The predicted octanol–water partition coefficient (Wildman–Crippen LogP) is 3.50. The van der Waals surface area contributed by atoms with Crippen LogP contribution in [0.4, 0.5) is 10.1 Å². The number of hydrogen-bond donors (Lipinski definition) is 0. The van der Waals surface area contributed by atoms with Crippen LogP contribution in [0.2, 0.25) is 0 Å². The molecule has 0 bridgehead atoms. The van der Waals surface area contributed by atoms with E-state index in [1.165, 1.54) is 6.07 Å². The average molecular weight is 289 g/mol. The summed E-state index contributed by atoms with van der Waals surface area (Å²) < 4.78 is 18.5. The molecule has 21 heavy (non-hydrogen) atoms. The fourth-order valence-corrected chi connectivity index (χ4v) is 2.65. The molecular weight excluding hydrogens is 277 g/mol. The van der Waals surface area contributed by atoms with E-state index >= 15 is 0 Å². The average Bonchev–Trinajstić information content (AvgIpc) is 2.78. The summed E-state index contributed by atoms with van der Waals surface area (Å²) in [5, 5.41) is 10.7. The molecule has 3 rings (SSSR count). The number of esters is 1. The van der Waals surface area contributed by atoms with Gasteiger partial charge in [0.15, 0.2) is 0 Å². The number of allylic oxidation sites excluding steroid dienone is 1. The standard InChI is InChI=1S/C15H12FNO4/c16-12-6-5-9(7-13(12)17(19)20)8-14-10-3-1-2-4-11(10)15(18)21-14/h5-8H,1-4H2. The molecule has 5 nitrogen and oxygen atoms in total. The lowest BCUT2D eigenvalue weighted by Crippen LogP contribution is -2.01. The van der Waals surface area contributed by atoms with Gasteiger partial charge in [-0.1, -0.05) is 6.07 Å². The smallest absolute Gasteiger partial charge is 0.339 e. The molecule has 0 N–H and O–H groups in total. The van der Waals surface area contributed by atoms with E-state index in [0.717, 1.165) is 37.0 Å². The molecule has 1 aromatic rings. The van der Waals surface area contributed by atoms with Gasteiger partial charge in [0.1, 0.15) is 5.76 Å². The van der Waals surface area contributed by atoms with Crippen LogP contribution in [-0.4, -0.2) is 10.9 Å². The summed E-state index contributed by atoms with van der Waals surface area (Å²) in [6.45, 7) is 0. The number of hydrogen-bond acceptors (Lipinski definition) is 4. The van der Waals surface area contributed by atoms with Crippen molar-refractivity contribution in [1.82, 2.24) is 0 Å². The number of rotatable bonds is 2. The van der Waals surface area contributed by atoms with E-state index in [1.54, 1.807) is 6.08 Å². The van der Waals surface area contributed by atoms with Gasteiger partial charge >= 0.3 is 11.7 Å². The first-order chi connectivity index (χ1) is 10.1. The quantitative estimate of drug-likeness (QED) is 0.474. The number of carbonyl (C=O) groups is 1. The Morgan fingerprint density at radius 2 is 1.95 bits per heavy atom. The largest absolute Gasteiger partial charge is 0.423 e. The molecule has 2 aliphatic rings. The first kappa shape index (κ1) is 13.5. The fraction of sp³-hybridized carbons (Fsp3) is 0.267. The van der Waals surface area contributed by atoms with Crippen molar-refractivity contribution in [3.05, 3.63) is 56.6 Å². The molecule has 0 fully saturated rings. The Kier molecular flexibility index (Phi) is 3.29. The number of benzene rings is 1. The van der Waals surface area contributed by atoms with Crippen LogP contribution in [0, 0.1) is 15.9 Å². The highest BCUT2D eigenvalue weighted by atomic mass is 19.1. The maximum atomic E-state index is 13.3. The third-order valence-electron chi connectivity index (χ3n) is 3.68. The normalized spacial score (nSPS) is 19.7. The summed E-state index contributed by atoms with van der Waals surface area (Å²) in [4.78, 5) is 21.7. The number of nitrogens with zero attached hydrogens (tertiary/aromatic N) is 1. The zero-order chi connectivity index (χ0) is 15.0. The van der Waals surface area contributed by atoms with Crippen LogP contribution in [0.3, 0.4) is 0 Å². The van der Waals surface area contributed by atoms with E-state index in [-0.39, 0.29) is 5.97 Å². The number of halogens is 1. The molecule has 0 saturated carbocycles. The molecule has 0 unspecified atom stereocenters. The molecular formula is C15H12FNO4. The summed E-state index contributed by atoms with van der Waals surface area (Å²) in [5.41, 5.74) is 1.42. The molecule has 1 aromatic carbocycles. The van der Waals surface area contributed by atoms with Crippen LogP contribution in [-0.2, 0) is 9.53 Å². The predicted molar refractivity (Wildman–Crippen MR) is 72.6 cm³/mol. The van der Waals surface area contributed by atoms with Crippen LogP contribution < -0.4 is 0 Å². The lowest BCUT2D eigenvalue weighted by molar-refractivity contribution is -0.387. The molecule has 1 aliphatic carbocycles. The highest BCUT2D eigenvalue weighted by Crippen LogP contribution is 2.37. The van der Waals surface area contributed by atoms with Gasteiger partial charge < -0.3 is 4.74 Å². The summed E-state index contributed by atoms with van der Waals surface area (Å²) in [5.74, 6) is -0.800. The molecule has 0 atom stereocenters. The lowest BCUT2D eigenvalue weighted by atomic mass is 9.92. The fourth-order valence-electron chi connectivity index (χ4n) is 2.65. The van der Waals surface area contributed by atoms with Crippen LogP contribution >= 0.6 is 0 Å². The third-order valence-corrected chi connectivity index (χ3v) is 3.68. The van der Waals surface area contributed by atoms with Gasteiger partial charge in [-0.3, -0.25) is 10.1 Å². The Morgan fingerprint density at radius 3 is 2.67 bits per heavy atom. The van der Waals surface area contributed by atoms with Crippen LogP contribution in [0.15, 0.2) is 35.1 Å². The van der Waals surface area contributed by atoms with Gasteiger partial charge in [0.05, 0.1) is 4.92 Å². The Balaban J connectivity index is 1.99. The second kappa shape index (κ2) is 5.12. The molecule has 6 heteroatoms. The van der Waals surface area contributed by atoms with Crippen LogP contribution in [0.25, 0.3) is 6.08 Å². The zero-order valence-electron chi connectivity index (χ0n) is 11.1. The van der Waals surface area contributed by atoms with E-state index in [4.69, 9.17) is 4.74 Å². The van der Waals surface area contributed by atoms with Gasteiger partial charge in [-0.2, -0.15) is 4.39 Å². The third kappa shape index (κ3) is 2.44. The first-order valence-corrected chi connectivity index (χ1v) is 6.66. The van der Waals surface area contributed by atoms with E-state index in [9.17, 15) is 19.3 Å². The second-order valence-electron chi connectivity index (χ2n) is 5.03. The van der Waals surface area contributed by atoms with Gasteiger partial charge in [0, 0.05) is 17.2 Å². The number of ether oxygens (including phenoxy) is 1. The van der Waals surface area contributed by atoms with Gasteiger partial charge in [-0.15, -0.1) is 0 Å². The van der Waals surface area contributed by atoms with Crippen molar-refractivity contribution in [2.75, 3.05) is 0 Å². The van der Waals surface area contributed by atoms with E-state index < -0.39 is 16.4 Å². The van der Waals surface area contributed by atoms with Crippen molar-refractivity contribution in [2.24, 2.45) is 0 Å². The number of nitro benzene ring substituents is 1. The van der Waals surface area contributed by atoms with E-state index in [0.29, 0.717) is 23.3 Å². The first-order valence-electron chi connectivity index (χ1n) is 6.66. The van der Waals surface area contributed by atoms with E-state index in [2.05, 4.69) is 0 Å². The Hall–Kier alpha value is -2.50. The summed E-state index contributed by atoms with van der Waals surface area (Å²) in [7, 11) is 0. The van der Waals surface area contributed by atoms with Crippen LogP contribution in [0.5, 0.6) is 0 Å². The van der Waals surface area contributed by atoms with E-state index in [1.807, 2.05) is 0 Å². The van der Waals surface area contributed by atoms with Gasteiger partial charge in [-0.05, 0) is 43.4 Å². The SMILES string of the molecule is O=C1OC(=Cc2ccc(F)c([N+](=O)[O-])c2)C2=C1CCCC2. The van der Waals surface area contributed by atoms with Crippen molar-refractivity contribution in [1.29, 1.82) is 0 Å². The molecule has 0 radical (unpaired) electrons. The topological polar surface area (TPSA) is 69.4 Å². The summed E-state index contributed by atoms with van der Waals surface area (Å²) in [6.07, 6.45) is 4.96. The molecule has 0 amide bonds. The molecule has 0 spiro atoms. The van der Waals surface area contributed by atoms with Crippen molar-refractivity contribution in [3.8, 4) is 0 Å². The monoisotopic (exact) mass is 289 g/mol. The minimum atomic E-state index is -0.886. The van der Waals surface area contributed by atoms with Crippen molar-refractivity contribution < 1.29 is 18.8 Å². The van der Waals surface area contributed by atoms with Crippen molar-refractivity contribution >= 4 is 17.7 Å². The van der Waals surface area contributed by atoms with Gasteiger partial charge in [0.25, 0.3) is 0 Å². The minimum absolute atomic E-state index is 0.340. The summed E-state index contributed by atoms with van der Waals surface area (Å²) >= 11 is 0. The number of cyclic esters (lactones) is 1. The Morgan fingerprint density at radius 1 is 1.24 bits per heavy atom. The zero-order valence-corrected chi connectivity index (χ0v) is 11.1. The number of carbonyl (C=O) groups excluding carboxylic acids is 1. The Labute approximate surface area is 119 Å². The lowest BCUT2D eigenvalue weighted by Gasteiger charge is -2.10. The maximum Gasteiger partial charge on any atom is 0.339 e. The van der Waals surface area contributed by atoms with Crippen molar-refractivity contribution in [2.45, 2.75) is 25.7 Å². The molecule has 0 aromatic heterocycles. The minimum Gasteiger partial charge on any atom is -0.423 e.